The molecule has 12 nitrogen and oxygen atoms in total. The first-order valence-corrected chi connectivity index (χ1v) is 16.4. The first-order chi connectivity index (χ1) is 15.0. The summed E-state index contributed by atoms with van der Waals surface area (Å²) in [5.41, 5.74) is -1.80. The zero-order valence-electron chi connectivity index (χ0n) is 17.4. The van der Waals surface area contributed by atoms with Gasteiger partial charge in [0.1, 0.15) is 19.6 Å². The van der Waals surface area contributed by atoms with Crippen molar-refractivity contribution in [2.75, 3.05) is 0 Å². The van der Waals surface area contributed by atoms with E-state index in [1.54, 1.807) is 0 Å². The average molecular weight is 782 g/mol. The Bertz CT molecular complexity index is 1560. The summed E-state index contributed by atoms with van der Waals surface area (Å²) in [7, 11) is -21.8. The largest absolute Gasteiger partial charge is 0.297 e. The van der Waals surface area contributed by atoms with E-state index in [2.05, 4.69) is 0 Å². The van der Waals surface area contributed by atoms with Crippen molar-refractivity contribution in [1.82, 2.24) is 0 Å². The van der Waals surface area contributed by atoms with Crippen molar-refractivity contribution in [2.24, 2.45) is 0 Å². The highest BCUT2D eigenvalue weighted by molar-refractivity contribution is 14.1. The molecule has 18 heteroatoms. The summed E-state index contributed by atoms with van der Waals surface area (Å²) < 4.78 is 137. The molecule has 0 aliphatic rings. The highest BCUT2D eigenvalue weighted by Crippen LogP contribution is 2.47. The minimum absolute atomic E-state index is 0.0286. The van der Waals surface area contributed by atoms with Crippen LogP contribution in [0, 0.1) is 34.8 Å². The number of halogens is 2. The van der Waals surface area contributed by atoms with Gasteiger partial charge in [0, 0.05) is 18.3 Å². The van der Waals surface area contributed by atoms with Crippen molar-refractivity contribution in [3.05, 3.63) is 29.4 Å². The van der Waals surface area contributed by atoms with Gasteiger partial charge in [0.25, 0.3) is 40.5 Å². The van der Waals surface area contributed by atoms with Gasteiger partial charge in [0.15, 0.2) is 0 Å². The fourth-order valence-electron chi connectivity index (χ4n) is 3.37. The van der Waals surface area contributed by atoms with Gasteiger partial charge in [-0.15, -0.1) is 0 Å². The summed E-state index contributed by atoms with van der Waals surface area (Å²) in [4.78, 5) is -5.42. The molecule has 0 spiro atoms. The van der Waals surface area contributed by atoms with Crippen molar-refractivity contribution in [3.63, 3.8) is 0 Å². The molecule has 0 atom stereocenters. The minimum atomic E-state index is -5.54. The molecule has 190 valence electrons. The van der Waals surface area contributed by atoms with Crippen LogP contribution < -0.4 is 0 Å². The third-order valence-corrected chi connectivity index (χ3v) is 12.5. The minimum Gasteiger partial charge on any atom is -0.282 e. The number of hydrogen-bond acceptors (Lipinski definition) is 8. The second kappa shape index (κ2) is 9.13. The smallest absolute Gasteiger partial charge is 0.282 e. The lowest BCUT2D eigenvalue weighted by atomic mass is 9.91. The van der Waals surface area contributed by atoms with Crippen molar-refractivity contribution < 1.29 is 51.9 Å². The Hall–Kier alpha value is -0.460. The maximum Gasteiger partial charge on any atom is 0.297 e. The molecule has 0 saturated carbocycles. The first kappa shape index (κ1) is 29.8. The lowest BCUT2D eigenvalue weighted by molar-refractivity contribution is 0.464. The molecule has 0 aromatic heterocycles. The van der Waals surface area contributed by atoms with Crippen LogP contribution >= 0.6 is 45.2 Å². The predicted octanol–water partition coefficient (Wildman–Crippen LogP) is 2.78. The molecule has 0 aliphatic carbocycles. The van der Waals surface area contributed by atoms with Gasteiger partial charge < -0.3 is 0 Å². The van der Waals surface area contributed by atoms with E-state index in [9.17, 15) is 51.9 Å². The summed E-state index contributed by atoms with van der Waals surface area (Å²) in [6.45, 7) is 5.05. The second-order valence-corrected chi connectivity index (χ2v) is 14.7. The maximum absolute atomic E-state index is 12.4. The molecule has 0 heterocycles. The molecule has 34 heavy (non-hydrogen) atoms. The van der Waals surface area contributed by atoms with Gasteiger partial charge in [-0.05, 0) is 95.1 Å². The highest BCUT2D eigenvalue weighted by atomic mass is 127. The summed E-state index contributed by atoms with van der Waals surface area (Å²) in [6, 6.07) is 0. The van der Waals surface area contributed by atoms with Crippen molar-refractivity contribution in [1.29, 1.82) is 0 Å². The molecule has 2 rings (SSSR count). The molecule has 2 aromatic rings. The molecule has 0 aliphatic heterocycles. The molecule has 0 radical (unpaired) electrons. The summed E-state index contributed by atoms with van der Waals surface area (Å²) in [6.07, 6.45) is 0. The van der Waals surface area contributed by atoms with Crippen LogP contribution in [0.25, 0.3) is 11.1 Å². The van der Waals surface area contributed by atoms with Gasteiger partial charge in [-0.2, -0.15) is 33.7 Å². The Balaban J connectivity index is 3.65. The molecular weight excluding hydrogens is 766 g/mol. The Kier molecular flexibility index (Phi) is 7.99. The van der Waals surface area contributed by atoms with Crippen molar-refractivity contribution in [3.8, 4) is 11.1 Å². The van der Waals surface area contributed by atoms with E-state index in [1.807, 2.05) is 0 Å². The molecular formula is C16H16I2O12S4. The van der Waals surface area contributed by atoms with Crippen LogP contribution in [0.1, 0.15) is 22.3 Å². The van der Waals surface area contributed by atoms with E-state index in [0.717, 1.165) is 0 Å². The second-order valence-electron chi connectivity index (χ2n) is 7.09. The van der Waals surface area contributed by atoms with E-state index >= 15 is 0 Å². The van der Waals surface area contributed by atoms with Gasteiger partial charge in [-0.3, -0.25) is 18.2 Å². The number of benzene rings is 2. The zero-order valence-corrected chi connectivity index (χ0v) is 25.0. The summed E-state index contributed by atoms with van der Waals surface area (Å²) in [5, 5.41) is 0. The van der Waals surface area contributed by atoms with E-state index in [1.165, 1.54) is 72.9 Å². The Morgan fingerprint density at radius 3 is 0.824 bits per heavy atom. The predicted molar refractivity (Wildman–Crippen MR) is 136 cm³/mol. The normalized spacial score (nSPS) is 13.4. The summed E-state index contributed by atoms with van der Waals surface area (Å²) in [5.74, 6) is 0. The molecule has 0 bridgehead atoms. The van der Waals surface area contributed by atoms with E-state index in [-0.39, 0.29) is 29.4 Å². The van der Waals surface area contributed by atoms with E-state index in [0.29, 0.717) is 0 Å². The third kappa shape index (κ3) is 5.16. The van der Waals surface area contributed by atoms with Gasteiger partial charge in [-0.25, -0.2) is 0 Å². The van der Waals surface area contributed by atoms with Gasteiger partial charge in [-0.1, -0.05) is 0 Å². The number of rotatable bonds is 5. The summed E-state index contributed by atoms with van der Waals surface area (Å²) >= 11 is 2.81. The molecule has 4 N–H and O–H groups in total. The Morgan fingerprint density at radius 2 is 0.647 bits per heavy atom. The number of hydrogen-bond donors (Lipinski definition) is 4. The van der Waals surface area contributed by atoms with Crippen molar-refractivity contribution >= 4 is 85.7 Å². The maximum atomic E-state index is 12.4. The van der Waals surface area contributed by atoms with Gasteiger partial charge >= 0.3 is 0 Å². The highest BCUT2D eigenvalue weighted by Gasteiger charge is 2.39. The van der Waals surface area contributed by atoms with Crippen LogP contribution in [0.3, 0.4) is 0 Å². The zero-order chi connectivity index (χ0) is 26.9. The topological polar surface area (TPSA) is 217 Å². The molecule has 0 amide bonds. The Morgan fingerprint density at radius 1 is 0.441 bits per heavy atom. The molecule has 0 saturated heterocycles. The lowest BCUT2D eigenvalue weighted by Crippen LogP contribution is -2.19. The fraction of sp³-hybridized carbons (Fsp3) is 0.250. The van der Waals surface area contributed by atoms with Crippen LogP contribution in [-0.2, 0) is 40.5 Å². The van der Waals surface area contributed by atoms with Crippen LogP contribution in [0.4, 0.5) is 0 Å². The lowest BCUT2D eigenvalue weighted by Gasteiger charge is -2.24. The standard InChI is InChI=1S/C16H16I2O12S4/c1-5-7(3)11(17)15(33(25,26)27)13(31(19,20)21)9(5)10-6(2)8(4)12(18)16(34(28,29)30)14(10)32(22,23)24/h1-4H3,(H,19,20,21)(H,22,23,24)(H,25,26,27)(H,28,29,30). The van der Waals surface area contributed by atoms with Crippen molar-refractivity contribution in [2.45, 2.75) is 47.3 Å². The fourth-order valence-corrected chi connectivity index (χ4v) is 11.1. The third-order valence-electron chi connectivity index (χ3n) is 5.08. The average Bonchev–Trinajstić information content (AvgIpc) is 2.60. The quantitative estimate of drug-likeness (QED) is 0.255. The Labute approximate surface area is 223 Å². The van der Waals surface area contributed by atoms with E-state index in [4.69, 9.17) is 0 Å². The SMILES string of the molecule is Cc1c(C)c(-c2c(C)c(C)c(I)c(S(=O)(=O)O)c2S(=O)(=O)O)c(S(=O)(=O)O)c(S(=O)(=O)O)c1I. The van der Waals surface area contributed by atoms with Crippen LogP contribution in [0.15, 0.2) is 19.6 Å². The van der Waals surface area contributed by atoms with Crippen LogP contribution in [0.5, 0.6) is 0 Å². The first-order valence-electron chi connectivity index (χ1n) is 8.51. The van der Waals surface area contributed by atoms with E-state index < -0.39 is 71.2 Å². The monoisotopic (exact) mass is 782 g/mol. The van der Waals surface area contributed by atoms with Gasteiger partial charge in [0.05, 0.1) is 0 Å². The molecule has 2 aromatic carbocycles. The van der Waals surface area contributed by atoms with Crippen LogP contribution in [0.2, 0.25) is 0 Å². The van der Waals surface area contributed by atoms with Gasteiger partial charge in [0.2, 0.25) is 0 Å². The molecule has 0 unspecified atom stereocenters. The molecule has 0 fully saturated rings. The van der Waals surface area contributed by atoms with Crippen LogP contribution in [-0.4, -0.2) is 51.9 Å².